The van der Waals surface area contributed by atoms with Crippen LogP contribution in [0.2, 0.25) is 0 Å². The largest absolute Gasteiger partial charge is 0.493 e. The molecule has 0 unspecified atom stereocenters. The van der Waals surface area contributed by atoms with Crippen LogP contribution >= 0.6 is 0 Å². The number of nitrogens with two attached hydrogens (primary N) is 1. The van der Waals surface area contributed by atoms with Crippen molar-refractivity contribution in [3.63, 3.8) is 0 Å². The van der Waals surface area contributed by atoms with Crippen molar-refractivity contribution in [3.05, 3.63) is 53.0 Å². The Balaban J connectivity index is 1.92. The maximum atomic E-state index is 15.2. The first-order valence-corrected chi connectivity index (χ1v) is 9.64. The molecule has 4 rings (SSSR count). The van der Waals surface area contributed by atoms with Crippen molar-refractivity contribution in [2.75, 3.05) is 29.8 Å². The number of rotatable bonds is 5. The minimum Gasteiger partial charge on any atom is -0.493 e. The second-order valence-corrected chi connectivity index (χ2v) is 7.24. The van der Waals surface area contributed by atoms with E-state index in [2.05, 4.69) is 10.1 Å². The molecule has 3 heterocycles. The van der Waals surface area contributed by atoms with E-state index >= 15 is 8.78 Å². The van der Waals surface area contributed by atoms with E-state index in [0.29, 0.717) is 11.1 Å². The Labute approximate surface area is 187 Å². The Hall–Kier alpha value is -4.40. The van der Waals surface area contributed by atoms with Crippen molar-refractivity contribution < 1.29 is 23.0 Å². The lowest BCUT2D eigenvalue weighted by Gasteiger charge is -2.37. The van der Waals surface area contributed by atoms with Gasteiger partial charge in [0.05, 0.1) is 39.2 Å². The van der Waals surface area contributed by atoms with Crippen LogP contribution in [-0.4, -0.2) is 35.0 Å². The Morgan fingerprint density at radius 3 is 2.39 bits per heavy atom. The Kier molecular flexibility index (Phi) is 5.47. The standard InChI is InChI=1S/C21H19F2N7O3/c1-28-8-11(6-27-28)9-29-18-12(7-26-20(25)13(18)5-24)10-30(21(29)31)19-16(22)14(32-2)4-15(33-3)17(19)23/h4,6-8H,9-10H2,1-3H3,(H2,25,26). The number of aryl methyl sites for hydroxylation is 1. The molecule has 1 aliphatic heterocycles. The number of ether oxygens (including phenoxy) is 2. The number of halogens is 2. The molecule has 12 heteroatoms. The SMILES string of the molecule is COc1cc(OC)c(F)c(N2Cc3cnc(N)c(C#N)c3N(Cc3cnn(C)c3)C2=O)c1F. The number of fused-ring (bicyclic) bond motifs is 1. The fourth-order valence-corrected chi connectivity index (χ4v) is 3.74. The number of carbonyl (C=O) groups is 1. The zero-order valence-corrected chi connectivity index (χ0v) is 18.0. The number of nitrogens with zero attached hydrogens (tertiary/aromatic N) is 6. The van der Waals surface area contributed by atoms with Crippen LogP contribution in [0.5, 0.6) is 11.5 Å². The van der Waals surface area contributed by atoms with Gasteiger partial charge in [-0.05, 0) is 0 Å². The average Bonchev–Trinajstić information content (AvgIpc) is 3.21. The average molecular weight is 455 g/mol. The highest BCUT2D eigenvalue weighted by molar-refractivity contribution is 6.07. The van der Waals surface area contributed by atoms with Gasteiger partial charge in [0, 0.05) is 36.6 Å². The minimum atomic E-state index is -1.07. The van der Waals surface area contributed by atoms with Crippen molar-refractivity contribution in [2.45, 2.75) is 13.1 Å². The molecule has 0 bridgehead atoms. The first-order chi connectivity index (χ1) is 15.8. The molecule has 0 aliphatic carbocycles. The summed E-state index contributed by atoms with van der Waals surface area (Å²) in [7, 11) is 4.14. The van der Waals surface area contributed by atoms with Crippen LogP contribution in [-0.2, 0) is 20.1 Å². The number of aromatic nitrogens is 3. The zero-order chi connectivity index (χ0) is 23.9. The number of hydrogen-bond donors (Lipinski definition) is 1. The van der Waals surface area contributed by atoms with Gasteiger partial charge in [-0.1, -0.05) is 0 Å². The number of benzene rings is 1. The van der Waals surface area contributed by atoms with E-state index in [1.165, 1.54) is 31.5 Å². The van der Waals surface area contributed by atoms with Crippen molar-refractivity contribution in [1.29, 1.82) is 5.26 Å². The first-order valence-electron chi connectivity index (χ1n) is 9.64. The molecule has 1 aromatic carbocycles. The van der Waals surface area contributed by atoms with E-state index < -0.39 is 23.4 Å². The Bertz CT molecular complexity index is 1270. The quantitative estimate of drug-likeness (QED) is 0.628. The Morgan fingerprint density at radius 2 is 1.85 bits per heavy atom. The maximum absolute atomic E-state index is 15.2. The summed E-state index contributed by atoms with van der Waals surface area (Å²) in [5.41, 5.74) is 6.46. The lowest BCUT2D eigenvalue weighted by molar-refractivity contribution is 0.249. The third kappa shape index (κ3) is 3.53. The fraction of sp³-hybridized carbons (Fsp3) is 0.238. The van der Waals surface area contributed by atoms with Crippen LogP contribution in [0.15, 0.2) is 24.7 Å². The van der Waals surface area contributed by atoms with Crippen LogP contribution < -0.4 is 25.0 Å². The summed E-state index contributed by atoms with van der Waals surface area (Å²) in [4.78, 5) is 19.8. The van der Waals surface area contributed by atoms with Gasteiger partial charge in [0.1, 0.15) is 23.1 Å². The van der Waals surface area contributed by atoms with Gasteiger partial charge in [-0.25, -0.2) is 18.6 Å². The summed E-state index contributed by atoms with van der Waals surface area (Å²) < 4.78 is 42.0. The van der Waals surface area contributed by atoms with Crippen molar-refractivity contribution in [3.8, 4) is 17.6 Å². The molecule has 0 saturated heterocycles. The predicted molar refractivity (Wildman–Crippen MR) is 114 cm³/mol. The van der Waals surface area contributed by atoms with Gasteiger partial charge in [-0.15, -0.1) is 0 Å². The molecule has 0 saturated carbocycles. The Morgan fingerprint density at radius 1 is 1.18 bits per heavy atom. The van der Waals surface area contributed by atoms with Gasteiger partial charge in [0.2, 0.25) is 0 Å². The van der Waals surface area contributed by atoms with Crippen LogP contribution in [0.1, 0.15) is 16.7 Å². The van der Waals surface area contributed by atoms with Crippen LogP contribution in [0.4, 0.5) is 30.8 Å². The van der Waals surface area contributed by atoms with Gasteiger partial charge in [0.25, 0.3) is 0 Å². The summed E-state index contributed by atoms with van der Waals surface area (Å²) in [6, 6.07) is 2.25. The number of urea groups is 1. The summed E-state index contributed by atoms with van der Waals surface area (Å²) in [6.45, 7) is -0.289. The highest BCUT2D eigenvalue weighted by Crippen LogP contribution is 2.42. The van der Waals surface area contributed by atoms with Crippen LogP contribution in [0.3, 0.4) is 0 Å². The number of methoxy groups -OCH3 is 2. The molecule has 2 aromatic heterocycles. The summed E-state index contributed by atoms with van der Waals surface area (Å²) in [6.07, 6.45) is 4.59. The monoisotopic (exact) mass is 455 g/mol. The molecule has 0 spiro atoms. The fourth-order valence-electron chi connectivity index (χ4n) is 3.74. The minimum absolute atomic E-state index is 0.00597. The summed E-state index contributed by atoms with van der Waals surface area (Å²) >= 11 is 0. The molecular formula is C21H19F2N7O3. The molecule has 3 aromatic rings. The molecule has 2 N–H and O–H groups in total. The second kappa shape index (κ2) is 8.27. The van der Waals surface area contributed by atoms with Crippen LogP contribution in [0.25, 0.3) is 0 Å². The number of nitriles is 1. The van der Waals surface area contributed by atoms with E-state index in [4.69, 9.17) is 15.2 Å². The third-order valence-electron chi connectivity index (χ3n) is 5.25. The molecular weight excluding hydrogens is 436 g/mol. The third-order valence-corrected chi connectivity index (χ3v) is 5.25. The smallest absolute Gasteiger partial charge is 0.329 e. The lowest BCUT2D eigenvalue weighted by Crippen LogP contribution is -2.48. The second-order valence-electron chi connectivity index (χ2n) is 7.24. The van der Waals surface area contributed by atoms with Gasteiger partial charge in [0.15, 0.2) is 23.1 Å². The molecule has 170 valence electrons. The van der Waals surface area contributed by atoms with Crippen LogP contribution in [0, 0.1) is 23.0 Å². The number of amides is 2. The molecule has 0 fully saturated rings. The number of carbonyl (C=O) groups excluding carboxylic acids is 1. The number of nitrogen functional groups attached to an aromatic ring is 1. The molecule has 1 aliphatic rings. The number of anilines is 3. The molecule has 0 radical (unpaired) electrons. The van der Waals surface area contributed by atoms with Gasteiger partial charge < -0.3 is 15.2 Å². The van der Waals surface area contributed by atoms with Gasteiger partial charge in [-0.3, -0.25) is 14.5 Å². The van der Waals surface area contributed by atoms with E-state index in [1.807, 2.05) is 6.07 Å². The molecule has 33 heavy (non-hydrogen) atoms. The highest BCUT2D eigenvalue weighted by Gasteiger charge is 2.38. The molecule has 2 amide bonds. The molecule has 0 atom stereocenters. The van der Waals surface area contributed by atoms with E-state index in [9.17, 15) is 10.1 Å². The normalized spacial score (nSPS) is 13.0. The lowest BCUT2D eigenvalue weighted by atomic mass is 10.0. The zero-order valence-electron chi connectivity index (χ0n) is 18.0. The van der Waals surface area contributed by atoms with E-state index in [0.717, 1.165) is 11.0 Å². The van der Waals surface area contributed by atoms with Crippen molar-refractivity contribution in [1.82, 2.24) is 14.8 Å². The topological polar surface area (TPSA) is 123 Å². The van der Waals surface area contributed by atoms with E-state index in [1.54, 1.807) is 17.9 Å². The predicted octanol–water partition coefficient (Wildman–Crippen LogP) is 2.71. The summed E-state index contributed by atoms with van der Waals surface area (Å²) in [5.74, 6) is -2.80. The summed E-state index contributed by atoms with van der Waals surface area (Å²) in [5, 5.41) is 13.7. The number of pyridine rings is 1. The molecule has 10 nitrogen and oxygen atoms in total. The van der Waals surface area contributed by atoms with Gasteiger partial charge >= 0.3 is 6.03 Å². The highest BCUT2D eigenvalue weighted by atomic mass is 19.1. The first kappa shape index (κ1) is 21.8. The van der Waals surface area contributed by atoms with Gasteiger partial charge in [-0.2, -0.15) is 10.4 Å². The van der Waals surface area contributed by atoms with Crippen molar-refractivity contribution >= 4 is 23.2 Å². The maximum Gasteiger partial charge on any atom is 0.329 e. The number of hydrogen-bond acceptors (Lipinski definition) is 7. The van der Waals surface area contributed by atoms with Crippen molar-refractivity contribution in [2.24, 2.45) is 7.05 Å². The van der Waals surface area contributed by atoms with E-state index in [-0.39, 0.29) is 41.7 Å².